The van der Waals surface area contributed by atoms with Gasteiger partial charge in [0, 0.05) is 11.1 Å². The number of ether oxygens (including phenoxy) is 2. The van der Waals surface area contributed by atoms with Crippen LogP contribution >= 0.6 is 15.9 Å². The van der Waals surface area contributed by atoms with Gasteiger partial charge in [0.1, 0.15) is 12.4 Å². The van der Waals surface area contributed by atoms with Crippen LogP contribution in [-0.4, -0.2) is 25.6 Å². The highest BCUT2D eigenvalue weighted by Gasteiger charge is 2.08. The Morgan fingerprint density at radius 1 is 1.29 bits per heavy atom. The normalized spacial score (nSPS) is 10.3. The van der Waals surface area contributed by atoms with E-state index in [1.807, 2.05) is 6.07 Å². The number of ketones is 1. The van der Waals surface area contributed by atoms with E-state index in [2.05, 4.69) is 22.9 Å². The monoisotopic (exact) mass is 300 g/mol. The lowest BCUT2D eigenvalue weighted by atomic mass is 10.1. The molecule has 0 saturated heterocycles. The van der Waals surface area contributed by atoms with Gasteiger partial charge in [-0.15, -0.1) is 0 Å². The summed E-state index contributed by atoms with van der Waals surface area (Å²) in [5, 5.41) is 0. The lowest BCUT2D eigenvalue weighted by Gasteiger charge is -2.10. The average Bonchev–Trinajstić information content (AvgIpc) is 2.28. The Balaban J connectivity index is 2.56. The first kappa shape index (κ1) is 14.2. The quantitative estimate of drug-likeness (QED) is 0.571. The predicted octanol–water partition coefficient (Wildman–Crippen LogP) is 3.46. The molecule has 0 unspecified atom stereocenters. The summed E-state index contributed by atoms with van der Waals surface area (Å²) in [5.41, 5.74) is 0.601. The van der Waals surface area contributed by atoms with Crippen molar-refractivity contribution in [1.82, 2.24) is 0 Å². The van der Waals surface area contributed by atoms with Gasteiger partial charge in [-0.1, -0.05) is 22.9 Å². The van der Waals surface area contributed by atoms with Crippen LogP contribution in [0.25, 0.3) is 0 Å². The fourth-order valence-electron chi connectivity index (χ4n) is 1.36. The second kappa shape index (κ2) is 7.45. The Labute approximate surface area is 110 Å². The van der Waals surface area contributed by atoms with E-state index in [0.717, 1.165) is 17.5 Å². The molecule has 0 fully saturated rings. The molecule has 94 valence electrons. The van der Waals surface area contributed by atoms with Gasteiger partial charge in [-0.3, -0.25) is 4.79 Å². The third kappa shape index (κ3) is 4.88. The van der Waals surface area contributed by atoms with Gasteiger partial charge in [-0.25, -0.2) is 0 Å². The van der Waals surface area contributed by atoms with Crippen molar-refractivity contribution in [2.75, 3.05) is 19.8 Å². The Hall–Kier alpha value is -0.870. The van der Waals surface area contributed by atoms with Crippen LogP contribution in [0.5, 0.6) is 5.75 Å². The van der Waals surface area contributed by atoms with Crippen LogP contribution < -0.4 is 4.74 Å². The highest BCUT2D eigenvalue weighted by molar-refractivity contribution is 9.10. The standard InChI is InChI=1S/C13H17BrO3/c1-3-6-16-7-8-17-13-9-11(14)4-5-12(13)10(2)15/h4-5,9H,3,6-8H2,1-2H3. The van der Waals surface area contributed by atoms with Crippen LogP contribution in [0.3, 0.4) is 0 Å². The van der Waals surface area contributed by atoms with Gasteiger partial charge in [-0.2, -0.15) is 0 Å². The summed E-state index contributed by atoms with van der Waals surface area (Å²) >= 11 is 3.36. The minimum Gasteiger partial charge on any atom is -0.490 e. The van der Waals surface area contributed by atoms with E-state index in [-0.39, 0.29) is 5.78 Å². The van der Waals surface area contributed by atoms with Gasteiger partial charge in [0.05, 0.1) is 12.2 Å². The molecule has 0 aliphatic heterocycles. The maximum Gasteiger partial charge on any atom is 0.163 e. The smallest absolute Gasteiger partial charge is 0.163 e. The van der Waals surface area contributed by atoms with Crippen LogP contribution in [0, 0.1) is 0 Å². The molecule has 0 saturated carbocycles. The van der Waals surface area contributed by atoms with Crippen LogP contribution in [0.1, 0.15) is 30.6 Å². The molecule has 0 N–H and O–H groups in total. The molecule has 0 bridgehead atoms. The molecule has 0 spiro atoms. The highest BCUT2D eigenvalue weighted by Crippen LogP contribution is 2.24. The van der Waals surface area contributed by atoms with E-state index in [4.69, 9.17) is 9.47 Å². The molecular weight excluding hydrogens is 284 g/mol. The minimum atomic E-state index is 0.00183. The number of hydrogen-bond donors (Lipinski definition) is 0. The first-order chi connectivity index (χ1) is 8.15. The molecule has 0 amide bonds. The summed E-state index contributed by atoms with van der Waals surface area (Å²) in [4.78, 5) is 11.4. The molecule has 0 heterocycles. The lowest BCUT2D eigenvalue weighted by molar-refractivity contribution is 0.0963. The van der Waals surface area contributed by atoms with Crippen molar-refractivity contribution in [1.29, 1.82) is 0 Å². The van der Waals surface area contributed by atoms with Crippen molar-refractivity contribution in [3.63, 3.8) is 0 Å². The largest absolute Gasteiger partial charge is 0.490 e. The summed E-state index contributed by atoms with van der Waals surface area (Å²) < 4.78 is 11.8. The Morgan fingerprint density at radius 2 is 2.06 bits per heavy atom. The number of benzene rings is 1. The van der Waals surface area contributed by atoms with Gasteiger partial charge < -0.3 is 9.47 Å². The summed E-state index contributed by atoms with van der Waals surface area (Å²) in [7, 11) is 0. The molecule has 1 aromatic carbocycles. The number of carbonyl (C=O) groups is 1. The third-order valence-electron chi connectivity index (χ3n) is 2.16. The minimum absolute atomic E-state index is 0.00183. The van der Waals surface area contributed by atoms with Crippen molar-refractivity contribution in [2.24, 2.45) is 0 Å². The van der Waals surface area contributed by atoms with Crippen LogP contribution in [-0.2, 0) is 4.74 Å². The molecule has 1 aromatic rings. The SMILES string of the molecule is CCCOCCOc1cc(Br)ccc1C(C)=O. The molecule has 1 rings (SSSR count). The van der Waals surface area contributed by atoms with Crippen LogP contribution in [0.15, 0.2) is 22.7 Å². The molecule has 17 heavy (non-hydrogen) atoms. The Kier molecular flexibility index (Phi) is 6.22. The van der Waals surface area contributed by atoms with E-state index >= 15 is 0 Å². The molecule has 0 aliphatic carbocycles. The fourth-order valence-corrected chi connectivity index (χ4v) is 1.70. The zero-order valence-electron chi connectivity index (χ0n) is 10.2. The lowest BCUT2D eigenvalue weighted by Crippen LogP contribution is -2.09. The van der Waals surface area contributed by atoms with Gasteiger partial charge in [0.2, 0.25) is 0 Å². The van der Waals surface area contributed by atoms with Gasteiger partial charge in [0.25, 0.3) is 0 Å². The molecule has 0 aromatic heterocycles. The van der Waals surface area contributed by atoms with Crippen molar-refractivity contribution < 1.29 is 14.3 Å². The Morgan fingerprint density at radius 3 is 2.71 bits per heavy atom. The summed E-state index contributed by atoms with van der Waals surface area (Å²) in [6.45, 7) is 5.32. The third-order valence-corrected chi connectivity index (χ3v) is 2.65. The van der Waals surface area contributed by atoms with Gasteiger partial charge in [0.15, 0.2) is 5.78 Å². The van der Waals surface area contributed by atoms with E-state index in [0.29, 0.717) is 24.5 Å². The van der Waals surface area contributed by atoms with Gasteiger partial charge >= 0.3 is 0 Å². The number of Topliss-reactive ketones (excluding diaryl/α,β-unsaturated/α-hetero) is 1. The number of carbonyl (C=O) groups excluding carboxylic acids is 1. The highest BCUT2D eigenvalue weighted by atomic mass is 79.9. The fraction of sp³-hybridized carbons (Fsp3) is 0.462. The topological polar surface area (TPSA) is 35.5 Å². The molecule has 3 nitrogen and oxygen atoms in total. The Bertz CT molecular complexity index is 377. The van der Waals surface area contributed by atoms with Crippen molar-refractivity contribution in [3.05, 3.63) is 28.2 Å². The van der Waals surface area contributed by atoms with E-state index < -0.39 is 0 Å². The van der Waals surface area contributed by atoms with Crippen LogP contribution in [0.2, 0.25) is 0 Å². The average molecular weight is 301 g/mol. The second-order valence-electron chi connectivity index (χ2n) is 3.66. The first-order valence-electron chi connectivity index (χ1n) is 5.66. The summed E-state index contributed by atoms with van der Waals surface area (Å²) in [5.74, 6) is 0.606. The van der Waals surface area contributed by atoms with Crippen molar-refractivity contribution in [3.8, 4) is 5.75 Å². The predicted molar refractivity (Wildman–Crippen MR) is 70.8 cm³/mol. The van der Waals surface area contributed by atoms with Crippen molar-refractivity contribution in [2.45, 2.75) is 20.3 Å². The zero-order valence-corrected chi connectivity index (χ0v) is 11.7. The molecule has 0 aliphatic rings. The summed E-state index contributed by atoms with van der Waals surface area (Å²) in [6.07, 6.45) is 0.996. The van der Waals surface area contributed by atoms with Crippen molar-refractivity contribution >= 4 is 21.7 Å². The molecule has 0 radical (unpaired) electrons. The molecular formula is C13H17BrO3. The van der Waals surface area contributed by atoms with E-state index in [9.17, 15) is 4.79 Å². The van der Waals surface area contributed by atoms with E-state index in [1.165, 1.54) is 6.92 Å². The van der Waals surface area contributed by atoms with Gasteiger partial charge in [-0.05, 0) is 31.5 Å². The number of rotatable bonds is 7. The van der Waals surface area contributed by atoms with Crippen LogP contribution in [0.4, 0.5) is 0 Å². The molecule has 4 heteroatoms. The summed E-state index contributed by atoms with van der Waals surface area (Å²) in [6, 6.07) is 5.39. The maximum absolute atomic E-state index is 11.4. The zero-order chi connectivity index (χ0) is 12.7. The number of halogens is 1. The first-order valence-corrected chi connectivity index (χ1v) is 6.45. The van der Waals surface area contributed by atoms with E-state index in [1.54, 1.807) is 12.1 Å². The molecule has 0 atom stereocenters. The maximum atomic E-state index is 11.4. The number of hydrogen-bond acceptors (Lipinski definition) is 3. The second-order valence-corrected chi connectivity index (χ2v) is 4.57.